The fourth-order valence-corrected chi connectivity index (χ4v) is 3.03. The van der Waals surface area contributed by atoms with Gasteiger partial charge in [0.05, 0.1) is 16.1 Å². The molecule has 0 unspecified atom stereocenters. The van der Waals surface area contributed by atoms with Crippen LogP contribution in [0.25, 0.3) is 0 Å². The first kappa shape index (κ1) is 16.5. The molecule has 0 N–H and O–H groups in total. The molecule has 0 atom stereocenters. The Morgan fingerprint density at radius 3 is 1.95 bits per heavy atom. The fraction of sp³-hybridized carbons (Fsp3) is 0.571. The second-order valence-electron chi connectivity index (χ2n) is 6.18. The van der Waals surface area contributed by atoms with E-state index in [0.29, 0.717) is 0 Å². The van der Waals surface area contributed by atoms with Gasteiger partial charge in [-0.15, -0.1) is 0 Å². The van der Waals surface area contributed by atoms with Gasteiger partial charge in [0.1, 0.15) is 0 Å². The summed E-state index contributed by atoms with van der Waals surface area (Å²) >= 11 is 0. The SMILES string of the molecule is COCS(=O)(=O)c1ccc(B2OC(C)(C)C(C)(C)O2)cc1. The Bertz CT molecular complexity index is 591. The molecule has 116 valence electrons. The number of hydrogen-bond donors (Lipinski definition) is 0. The van der Waals surface area contributed by atoms with E-state index in [1.54, 1.807) is 24.3 Å². The second kappa shape index (κ2) is 5.39. The summed E-state index contributed by atoms with van der Waals surface area (Å²) in [6.07, 6.45) is 0. The number of hydrogen-bond acceptors (Lipinski definition) is 5. The van der Waals surface area contributed by atoms with Gasteiger partial charge < -0.3 is 14.0 Å². The van der Waals surface area contributed by atoms with Crippen LogP contribution in [0.3, 0.4) is 0 Å². The zero-order valence-electron chi connectivity index (χ0n) is 13.0. The maximum Gasteiger partial charge on any atom is 0.494 e. The van der Waals surface area contributed by atoms with Crippen molar-refractivity contribution in [1.29, 1.82) is 0 Å². The van der Waals surface area contributed by atoms with Crippen LogP contribution in [-0.2, 0) is 23.9 Å². The van der Waals surface area contributed by atoms with Crippen molar-refractivity contribution in [2.24, 2.45) is 0 Å². The van der Waals surface area contributed by atoms with Crippen molar-refractivity contribution in [3.63, 3.8) is 0 Å². The average molecular weight is 312 g/mol. The van der Waals surface area contributed by atoms with Crippen molar-refractivity contribution in [2.75, 3.05) is 13.0 Å². The Labute approximate surface area is 126 Å². The lowest BCUT2D eigenvalue weighted by atomic mass is 9.79. The monoisotopic (exact) mass is 312 g/mol. The maximum absolute atomic E-state index is 11.9. The summed E-state index contributed by atoms with van der Waals surface area (Å²) in [5.41, 5.74) is -0.0401. The van der Waals surface area contributed by atoms with E-state index in [1.807, 2.05) is 27.7 Å². The summed E-state index contributed by atoms with van der Waals surface area (Å²) in [5.74, 6) is -0.331. The van der Waals surface area contributed by atoms with E-state index >= 15 is 0 Å². The van der Waals surface area contributed by atoms with E-state index < -0.39 is 28.2 Å². The standard InChI is InChI=1S/C14H21BO5S/c1-13(2)14(3,4)20-15(19-13)11-6-8-12(9-7-11)21(16,17)10-18-5/h6-9H,10H2,1-5H3. The van der Waals surface area contributed by atoms with Crippen molar-refractivity contribution in [3.8, 4) is 0 Å². The normalized spacial score (nSPS) is 20.7. The van der Waals surface area contributed by atoms with Crippen LogP contribution in [-0.4, -0.2) is 39.8 Å². The van der Waals surface area contributed by atoms with Gasteiger partial charge in [0.15, 0.2) is 5.94 Å². The highest BCUT2D eigenvalue weighted by Crippen LogP contribution is 2.36. The molecule has 0 spiro atoms. The third-order valence-corrected chi connectivity index (χ3v) is 5.57. The molecule has 5 nitrogen and oxygen atoms in total. The number of ether oxygens (including phenoxy) is 1. The molecule has 21 heavy (non-hydrogen) atoms. The van der Waals surface area contributed by atoms with Crippen molar-refractivity contribution in [3.05, 3.63) is 24.3 Å². The summed E-state index contributed by atoms with van der Waals surface area (Å²) in [5, 5.41) is 0. The largest absolute Gasteiger partial charge is 0.494 e. The molecule has 0 radical (unpaired) electrons. The molecule has 0 bridgehead atoms. The molecule has 0 saturated carbocycles. The van der Waals surface area contributed by atoms with Crippen molar-refractivity contribution >= 4 is 22.4 Å². The Kier molecular flexibility index (Phi) is 4.23. The molecule has 0 aliphatic carbocycles. The van der Waals surface area contributed by atoms with E-state index in [2.05, 4.69) is 0 Å². The molecular weight excluding hydrogens is 291 g/mol. The highest BCUT2D eigenvalue weighted by atomic mass is 32.2. The predicted molar refractivity (Wildman–Crippen MR) is 81.2 cm³/mol. The van der Waals surface area contributed by atoms with Gasteiger partial charge in [-0.3, -0.25) is 0 Å². The van der Waals surface area contributed by atoms with Crippen molar-refractivity contribution in [2.45, 2.75) is 43.8 Å². The van der Waals surface area contributed by atoms with Gasteiger partial charge in [-0.2, -0.15) is 0 Å². The Morgan fingerprint density at radius 2 is 1.52 bits per heavy atom. The van der Waals surface area contributed by atoms with Crippen LogP contribution in [0.1, 0.15) is 27.7 Å². The Hall–Kier alpha value is -0.885. The van der Waals surface area contributed by atoms with E-state index in [1.165, 1.54) is 7.11 Å². The molecule has 2 rings (SSSR count). The summed E-state index contributed by atoms with van der Waals surface area (Å²) in [6.45, 7) is 7.91. The first-order valence-corrected chi connectivity index (χ1v) is 8.42. The van der Waals surface area contributed by atoms with Crippen LogP contribution in [0.2, 0.25) is 0 Å². The lowest BCUT2D eigenvalue weighted by Gasteiger charge is -2.32. The number of benzene rings is 1. The fourth-order valence-electron chi connectivity index (χ4n) is 2.03. The summed E-state index contributed by atoms with van der Waals surface area (Å²) in [6, 6.07) is 6.53. The smallest absolute Gasteiger partial charge is 0.399 e. The van der Waals surface area contributed by atoms with Crippen LogP contribution in [0.4, 0.5) is 0 Å². The molecule has 1 heterocycles. The van der Waals surface area contributed by atoms with E-state index in [4.69, 9.17) is 14.0 Å². The average Bonchev–Trinajstić information content (AvgIpc) is 2.59. The van der Waals surface area contributed by atoms with E-state index in [0.717, 1.165) is 5.46 Å². The van der Waals surface area contributed by atoms with Crippen LogP contribution in [0.5, 0.6) is 0 Å². The van der Waals surface area contributed by atoms with E-state index in [-0.39, 0.29) is 10.8 Å². The van der Waals surface area contributed by atoms with Crippen LogP contribution < -0.4 is 5.46 Å². The van der Waals surface area contributed by atoms with Crippen molar-refractivity contribution < 1.29 is 22.5 Å². The van der Waals surface area contributed by atoms with Gasteiger partial charge >= 0.3 is 7.12 Å². The summed E-state index contributed by atoms with van der Waals surface area (Å²) in [7, 11) is -2.53. The molecule has 1 aromatic carbocycles. The highest BCUT2D eigenvalue weighted by Gasteiger charge is 2.51. The second-order valence-corrected chi connectivity index (χ2v) is 8.12. The third-order valence-electron chi connectivity index (χ3n) is 4.04. The lowest BCUT2D eigenvalue weighted by Crippen LogP contribution is -2.41. The number of sulfone groups is 1. The minimum atomic E-state index is -3.40. The van der Waals surface area contributed by atoms with Gasteiger partial charge in [0, 0.05) is 7.11 Å². The molecule has 0 amide bonds. The van der Waals surface area contributed by atoms with Crippen LogP contribution >= 0.6 is 0 Å². The molecule has 1 aliphatic heterocycles. The first-order chi connectivity index (χ1) is 9.59. The quantitative estimate of drug-likeness (QED) is 0.786. The molecule has 7 heteroatoms. The molecule has 1 aromatic rings. The molecule has 1 aliphatic rings. The van der Waals surface area contributed by atoms with E-state index in [9.17, 15) is 8.42 Å². The van der Waals surface area contributed by atoms with Crippen LogP contribution in [0.15, 0.2) is 29.2 Å². The number of methoxy groups -OCH3 is 1. The van der Waals surface area contributed by atoms with Gasteiger partial charge in [-0.05, 0) is 45.3 Å². The first-order valence-electron chi connectivity index (χ1n) is 6.76. The highest BCUT2D eigenvalue weighted by molar-refractivity contribution is 7.91. The molecule has 1 saturated heterocycles. The topological polar surface area (TPSA) is 61.8 Å². The predicted octanol–water partition coefficient (Wildman–Crippen LogP) is 1.36. The van der Waals surface area contributed by atoms with Gasteiger partial charge in [-0.1, -0.05) is 12.1 Å². The van der Waals surface area contributed by atoms with Crippen LogP contribution in [0, 0.1) is 0 Å². The Morgan fingerprint density at radius 1 is 1.05 bits per heavy atom. The van der Waals surface area contributed by atoms with Gasteiger partial charge in [-0.25, -0.2) is 8.42 Å². The Balaban J connectivity index is 2.22. The lowest BCUT2D eigenvalue weighted by molar-refractivity contribution is 0.00578. The van der Waals surface area contributed by atoms with Gasteiger partial charge in [0.2, 0.25) is 9.84 Å². The third kappa shape index (κ3) is 3.16. The zero-order chi connectivity index (χ0) is 15.9. The minimum Gasteiger partial charge on any atom is -0.399 e. The maximum atomic E-state index is 11.9. The number of rotatable bonds is 4. The zero-order valence-corrected chi connectivity index (χ0v) is 13.9. The minimum absolute atomic E-state index is 0.226. The molecule has 1 fully saturated rings. The van der Waals surface area contributed by atoms with Crippen molar-refractivity contribution in [1.82, 2.24) is 0 Å². The van der Waals surface area contributed by atoms with Gasteiger partial charge in [0.25, 0.3) is 0 Å². The summed E-state index contributed by atoms with van der Waals surface area (Å²) in [4.78, 5) is 0.226. The molecule has 0 aromatic heterocycles. The molecular formula is C14H21BO5S. The summed E-state index contributed by atoms with van der Waals surface area (Å²) < 4.78 is 40.3.